The highest BCUT2D eigenvalue weighted by molar-refractivity contribution is 6.35. The van der Waals surface area contributed by atoms with Crippen molar-refractivity contribution in [3.05, 3.63) is 87.0 Å². The molecule has 0 bridgehead atoms. The van der Waals surface area contributed by atoms with Crippen molar-refractivity contribution < 1.29 is 14.2 Å². The molecule has 2 heterocycles. The van der Waals surface area contributed by atoms with Crippen LogP contribution in [0.5, 0.6) is 17.2 Å². The van der Waals surface area contributed by atoms with Crippen LogP contribution in [0.15, 0.2) is 54.6 Å². The van der Waals surface area contributed by atoms with Gasteiger partial charge in [-0.15, -0.1) is 0 Å². The van der Waals surface area contributed by atoms with Crippen molar-refractivity contribution in [3.8, 4) is 17.2 Å². The predicted octanol–water partition coefficient (Wildman–Crippen LogP) is 6.31. The smallest absolute Gasteiger partial charge is 0.138 e. The molecule has 5 rings (SSSR count). The van der Waals surface area contributed by atoms with Crippen molar-refractivity contribution in [2.45, 2.75) is 19.1 Å². The van der Waals surface area contributed by atoms with Crippen LogP contribution in [0.25, 0.3) is 10.9 Å². The molecular weight excluding hydrogens is 459 g/mol. The second-order valence-electron chi connectivity index (χ2n) is 8.00. The summed E-state index contributed by atoms with van der Waals surface area (Å²) in [6.45, 7) is 1.21. The van der Waals surface area contributed by atoms with Gasteiger partial charge in [0.1, 0.15) is 23.9 Å². The average molecular weight is 483 g/mol. The molecule has 0 spiro atoms. The number of aromatic amines is 1. The Kier molecular flexibility index (Phi) is 6.11. The van der Waals surface area contributed by atoms with Crippen molar-refractivity contribution in [1.82, 2.24) is 10.3 Å². The van der Waals surface area contributed by atoms with E-state index in [1.807, 2.05) is 12.1 Å². The van der Waals surface area contributed by atoms with Crippen LogP contribution in [-0.2, 0) is 13.0 Å². The van der Waals surface area contributed by atoms with E-state index in [0.29, 0.717) is 22.4 Å². The van der Waals surface area contributed by atoms with Crippen LogP contribution in [0.1, 0.15) is 28.4 Å². The number of aromatic nitrogens is 1. The SMILES string of the molecule is COc1ccc2[nH]c3c(c2c1)CCN[C@H]3c1ccc(OC)c(COc2ccc(Cl)cc2Cl)c1. The van der Waals surface area contributed by atoms with E-state index in [1.54, 1.807) is 32.4 Å². The summed E-state index contributed by atoms with van der Waals surface area (Å²) < 4.78 is 17.0. The molecule has 1 atom stereocenters. The number of H-pyrrole nitrogens is 1. The monoisotopic (exact) mass is 482 g/mol. The maximum Gasteiger partial charge on any atom is 0.138 e. The molecule has 5 nitrogen and oxygen atoms in total. The van der Waals surface area contributed by atoms with Crippen molar-refractivity contribution in [2.24, 2.45) is 0 Å². The van der Waals surface area contributed by atoms with Gasteiger partial charge in [-0.25, -0.2) is 0 Å². The molecule has 2 N–H and O–H groups in total. The standard InChI is InChI=1S/C26H24Cl2N2O3/c1-31-18-5-6-22-20(13-18)19-9-10-29-25(26(19)30-22)15-3-7-23(32-2)16(11-15)14-33-24-8-4-17(27)12-21(24)28/h3-8,11-13,25,29-30H,9-10,14H2,1-2H3/t25-/m0/s1. The maximum atomic E-state index is 6.28. The summed E-state index contributed by atoms with van der Waals surface area (Å²) in [6.07, 6.45) is 0.959. The van der Waals surface area contributed by atoms with E-state index in [-0.39, 0.29) is 6.04 Å². The van der Waals surface area contributed by atoms with Gasteiger partial charge in [0.05, 0.1) is 25.3 Å². The van der Waals surface area contributed by atoms with Crippen molar-refractivity contribution in [3.63, 3.8) is 0 Å². The number of methoxy groups -OCH3 is 2. The van der Waals surface area contributed by atoms with E-state index >= 15 is 0 Å². The lowest BCUT2D eigenvalue weighted by Crippen LogP contribution is -2.30. The van der Waals surface area contributed by atoms with Crippen LogP contribution in [0.4, 0.5) is 0 Å². The molecule has 0 unspecified atom stereocenters. The first-order chi connectivity index (χ1) is 16.1. The Bertz CT molecular complexity index is 1320. The van der Waals surface area contributed by atoms with Crippen LogP contribution < -0.4 is 19.5 Å². The second-order valence-corrected chi connectivity index (χ2v) is 8.84. The molecule has 1 aliphatic rings. The van der Waals surface area contributed by atoms with E-state index in [9.17, 15) is 0 Å². The molecule has 0 fully saturated rings. The highest BCUT2D eigenvalue weighted by Crippen LogP contribution is 2.37. The lowest BCUT2D eigenvalue weighted by Gasteiger charge is -2.25. The fourth-order valence-electron chi connectivity index (χ4n) is 4.46. The topological polar surface area (TPSA) is 55.5 Å². The minimum Gasteiger partial charge on any atom is -0.497 e. The third-order valence-electron chi connectivity index (χ3n) is 6.07. The van der Waals surface area contributed by atoms with Crippen LogP contribution in [0.2, 0.25) is 10.0 Å². The number of halogens is 2. The van der Waals surface area contributed by atoms with Gasteiger partial charge in [-0.1, -0.05) is 29.3 Å². The Morgan fingerprint density at radius 2 is 1.79 bits per heavy atom. The Morgan fingerprint density at radius 3 is 2.58 bits per heavy atom. The van der Waals surface area contributed by atoms with Gasteiger partial charge >= 0.3 is 0 Å². The first-order valence-electron chi connectivity index (χ1n) is 10.7. The molecule has 0 radical (unpaired) electrons. The van der Waals surface area contributed by atoms with Crippen LogP contribution in [0.3, 0.4) is 0 Å². The van der Waals surface area contributed by atoms with E-state index in [1.165, 1.54) is 16.6 Å². The minimum absolute atomic E-state index is 0.0379. The Morgan fingerprint density at radius 1 is 0.939 bits per heavy atom. The molecule has 1 aromatic heterocycles. The maximum absolute atomic E-state index is 6.28. The zero-order chi connectivity index (χ0) is 22.9. The van der Waals surface area contributed by atoms with Gasteiger partial charge in [-0.3, -0.25) is 0 Å². The zero-order valence-electron chi connectivity index (χ0n) is 18.4. The number of benzene rings is 3. The van der Waals surface area contributed by atoms with Gasteiger partial charge in [0.15, 0.2) is 0 Å². The number of hydrogen-bond donors (Lipinski definition) is 2. The highest BCUT2D eigenvalue weighted by atomic mass is 35.5. The molecule has 4 aromatic rings. The van der Waals surface area contributed by atoms with Crippen molar-refractivity contribution >= 4 is 34.1 Å². The van der Waals surface area contributed by atoms with Gasteiger partial charge in [-0.05, 0) is 66.1 Å². The number of nitrogens with one attached hydrogen (secondary N) is 2. The van der Waals surface area contributed by atoms with Crippen molar-refractivity contribution in [2.75, 3.05) is 20.8 Å². The molecule has 0 saturated carbocycles. The van der Waals surface area contributed by atoms with Crippen molar-refractivity contribution in [1.29, 1.82) is 0 Å². The van der Waals surface area contributed by atoms with E-state index < -0.39 is 0 Å². The number of hydrogen-bond acceptors (Lipinski definition) is 4. The summed E-state index contributed by atoms with van der Waals surface area (Å²) in [6, 6.07) is 17.6. The fourth-order valence-corrected chi connectivity index (χ4v) is 4.92. The summed E-state index contributed by atoms with van der Waals surface area (Å²) in [5.41, 5.74) is 5.70. The summed E-state index contributed by atoms with van der Waals surface area (Å²) in [4.78, 5) is 3.62. The lowest BCUT2D eigenvalue weighted by molar-refractivity contribution is 0.296. The van der Waals surface area contributed by atoms with Gasteiger partial charge in [0, 0.05) is 33.7 Å². The third kappa shape index (κ3) is 4.24. The molecule has 7 heteroatoms. The summed E-state index contributed by atoms with van der Waals surface area (Å²) in [7, 11) is 3.36. The van der Waals surface area contributed by atoms with Crippen LogP contribution >= 0.6 is 23.2 Å². The quantitative estimate of drug-likeness (QED) is 0.338. The average Bonchev–Trinajstić information content (AvgIpc) is 3.21. The molecule has 0 amide bonds. The first-order valence-corrected chi connectivity index (χ1v) is 11.5. The zero-order valence-corrected chi connectivity index (χ0v) is 19.9. The normalized spacial score (nSPS) is 15.3. The highest BCUT2D eigenvalue weighted by Gasteiger charge is 2.26. The molecule has 170 valence electrons. The molecule has 0 aliphatic carbocycles. The van der Waals surface area contributed by atoms with Gasteiger partial charge in [0.25, 0.3) is 0 Å². The summed E-state index contributed by atoms with van der Waals surface area (Å²) in [5.74, 6) is 2.21. The van der Waals surface area contributed by atoms with Crippen LogP contribution in [-0.4, -0.2) is 25.7 Å². The summed E-state index contributed by atoms with van der Waals surface area (Å²) in [5, 5.41) is 5.92. The molecular formula is C26H24Cl2N2O3. The molecule has 1 aliphatic heterocycles. The van der Waals surface area contributed by atoms with Crippen LogP contribution in [0, 0.1) is 0 Å². The minimum atomic E-state index is 0.0379. The number of fused-ring (bicyclic) bond motifs is 3. The van der Waals surface area contributed by atoms with Gasteiger partial charge in [-0.2, -0.15) is 0 Å². The Balaban J connectivity index is 1.48. The van der Waals surface area contributed by atoms with E-state index in [0.717, 1.165) is 41.1 Å². The van der Waals surface area contributed by atoms with Gasteiger partial charge in [0.2, 0.25) is 0 Å². The molecule has 3 aromatic carbocycles. The third-order valence-corrected chi connectivity index (χ3v) is 6.60. The largest absolute Gasteiger partial charge is 0.497 e. The Labute approximate surface area is 202 Å². The molecule has 33 heavy (non-hydrogen) atoms. The van der Waals surface area contributed by atoms with E-state index in [2.05, 4.69) is 34.6 Å². The van der Waals surface area contributed by atoms with E-state index in [4.69, 9.17) is 37.4 Å². The predicted molar refractivity (Wildman–Crippen MR) is 132 cm³/mol. The lowest BCUT2D eigenvalue weighted by atomic mass is 9.93. The second kappa shape index (κ2) is 9.18. The number of rotatable bonds is 6. The van der Waals surface area contributed by atoms with Gasteiger partial charge < -0.3 is 24.5 Å². The summed E-state index contributed by atoms with van der Waals surface area (Å²) >= 11 is 12.3. The fraction of sp³-hybridized carbons (Fsp3) is 0.231. The first kappa shape index (κ1) is 22.0. The molecule has 0 saturated heterocycles. The Hall–Kier alpha value is -2.86. The number of ether oxygens (including phenoxy) is 3.